The molecule has 0 radical (unpaired) electrons. The van der Waals surface area contributed by atoms with E-state index in [-0.39, 0.29) is 0 Å². The molecule has 3 nitrogen and oxygen atoms in total. The molecule has 0 aromatic carbocycles. The zero-order valence-corrected chi connectivity index (χ0v) is 13.5. The normalized spacial score (nSPS) is 24.4. The second-order valence-electron chi connectivity index (χ2n) is 4.95. The molecule has 1 aliphatic carbocycles. The molecule has 102 valence electrons. The molecular weight excluding hydrogens is 362 g/mol. The first-order chi connectivity index (χ1) is 8.70. The van der Waals surface area contributed by atoms with Crippen LogP contribution in [-0.2, 0) is 6.54 Å². The lowest BCUT2D eigenvalue weighted by molar-refractivity contribution is 0.132. The Morgan fingerprint density at radius 1 is 1.28 bits per heavy atom. The van der Waals surface area contributed by atoms with E-state index < -0.39 is 0 Å². The Balaban J connectivity index is 1.77. The van der Waals surface area contributed by atoms with Crippen LogP contribution in [0.25, 0.3) is 0 Å². The number of furan rings is 1. The first-order valence-corrected chi connectivity index (χ1v) is 8.04. The van der Waals surface area contributed by atoms with Crippen molar-refractivity contribution >= 4 is 31.9 Å². The lowest BCUT2D eigenvalue weighted by atomic mass is 9.79. The minimum absolute atomic E-state index is 0.324. The van der Waals surface area contributed by atoms with Crippen molar-refractivity contribution in [2.75, 3.05) is 13.2 Å². The fraction of sp³-hybridized carbons (Fsp3) is 0.692. The molecule has 1 aliphatic rings. The van der Waals surface area contributed by atoms with Crippen molar-refractivity contribution in [1.29, 1.82) is 0 Å². The van der Waals surface area contributed by atoms with Gasteiger partial charge in [0.25, 0.3) is 0 Å². The third-order valence-electron chi connectivity index (χ3n) is 3.70. The smallest absolute Gasteiger partial charge is 0.183 e. The molecule has 2 N–H and O–H groups in total. The number of rotatable bonds is 5. The third kappa shape index (κ3) is 3.83. The zero-order valence-electron chi connectivity index (χ0n) is 10.3. The van der Waals surface area contributed by atoms with E-state index in [0.717, 1.165) is 28.0 Å². The number of nitrogens with one attached hydrogen (secondary N) is 1. The van der Waals surface area contributed by atoms with Crippen LogP contribution in [0.2, 0.25) is 0 Å². The second kappa shape index (κ2) is 7.08. The van der Waals surface area contributed by atoms with Crippen LogP contribution in [-0.4, -0.2) is 18.3 Å². The Kier molecular flexibility index (Phi) is 5.73. The van der Waals surface area contributed by atoms with Gasteiger partial charge in [-0.15, -0.1) is 0 Å². The maximum absolute atomic E-state index is 9.36. The summed E-state index contributed by atoms with van der Waals surface area (Å²) in [4.78, 5) is 0. The predicted octanol–water partition coefficient (Wildman–Crippen LogP) is 3.69. The molecule has 0 aliphatic heterocycles. The summed E-state index contributed by atoms with van der Waals surface area (Å²) in [6, 6.07) is 1.97. The molecule has 18 heavy (non-hydrogen) atoms. The Morgan fingerprint density at radius 3 is 2.61 bits per heavy atom. The highest BCUT2D eigenvalue weighted by molar-refractivity contribution is 9.13. The first-order valence-electron chi connectivity index (χ1n) is 6.46. The van der Waals surface area contributed by atoms with Crippen molar-refractivity contribution in [3.05, 3.63) is 21.0 Å². The molecule has 0 bridgehead atoms. The highest BCUT2D eigenvalue weighted by Crippen LogP contribution is 2.29. The first kappa shape index (κ1) is 14.6. The largest absolute Gasteiger partial charge is 0.452 e. The van der Waals surface area contributed by atoms with Gasteiger partial charge in [0.1, 0.15) is 5.76 Å². The molecule has 2 atom stereocenters. The van der Waals surface area contributed by atoms with Crippen LogP contribution in [0.1, 0.15) is 31.4 Å². The number of hydrogen-bond acceptors (Lipinski definition) is 3. The van der Waals surface area contributed by atoms with Crippen LogP contribution in [0, 0.1) is 11.8 Å². The molecule has 2 rings (SSSR count). The molecule has 0 saturated heterocycles. The minimum Gasteiger partial charge on any atom is -0.452 e. The van der Waals surface area contributed by atoms with E-state index in [2.05, 4.69) is 37.2 Å². The summed E-state index contributed by atoms with van der Waals surface area (Å²) in [6.45, 7) is 2.02. The SMILES string of the molecule is OCC1CCCCC1CNCc1cc(Br)c(Br)o1. The fourth-order valence-corrected chi connectivity index (χ4v) is 3.31. The summed E-state index contributed by atoms with van der Waals surface area (Å²) < 4.78 is 7.20. The lowest BCUT2D eigenvalue weighted by Crippen LogP contribution is -2.32. The van der Waals surface area contributed by atoms with E-state index in [1.165, 1.54) is 25.7 Å². The van der Waals surface area contributed by atoms with Crippen molar-refractivity contribution in [2.24, 2.45) is 11.8 Å². The van der Waals surface area contributed by atoms with Gasteiger partial charge < -0.3 is 14.8 Å². The summed E-state index contributed by atoms with van der Waals surface area (Å²) in [5, 5.41) is 12.8. The maximum atomic E-state index is 9.36. The molecule has 5 heteroatoms. The average molecular weight is 381 g/mol. The summed E-state index contributed by atoms with van der Waals surface area (Å²) >= 11 is 6.73. The van der Waals surface area contributed by atoms with Gasteiger partial charge in [-0.1, -0.05) is 12.8 Å². The third-order valence-corrected chi connectivity index (χ3v) is 5.41. The summed E-state index contributed by atoms with van der Waals surface area (Å²) in [6.07, 6.45) is 4.95. The standard InChI is InChI=1S/C13H19Br2NO2/c14-12-5-11(18-13(12)15)7-16-6-9-3-1-2-4-10(9)8-17/h5,9-10,16-17H,1-4,6-8H2. The predicted molar refractivity (Wildman–Crippen MR) is 78.3 cm³/mol. The summed E-state index contributed by atoms with van der Waals surface area (Å²) in [5.74, 6) is 2.00. The van der Waals surface area contributed by atoms with E-state index >= 15 is 0 Å². The molecule has 2 unspecified atom stereocenters. The van der Waals surface area contributed by atoms with Crippen LogP contribution in [0.3, 0.4) is 0 Å². The zero-order chi connectivity index (χ0) is 13.0. The van der Waals surface area contributed by atoms with Crippen molar-refractivity contribution in [1.82, 2.24) is 5.32 Å². The van der Waals surface area contributed by atoms with Gasteiger partial charge >= 0.3 is 0 Å². The quantitative estimate of drug-likeness (QED) is 0.818. The van der Waals surface area contributed by atoms with Crippen molar-refractivity contribution < 1.29 is 9.52 Å². The Labute approximate surface area is 125 Å². The Hall–Kier alpha value is 0.160. The number of aliphatic hydroxyl groups excluding tert-OH is 1. The monoisotopic (exact) mass is 379 g/mol. The number of halogens is 2. The molecule has 1 aromatic rings. The van der Waals surface area contributed by atoms with Gasteiger partial charge in [-0.25, -0.2) is 0 Å². The summed E-state index contributed by atoms with van der Waals surface area (Å²) in [5.41, 5.74) is 0. The van der Waals surface area contributed by atoms with E-state index in [1.807, 2.05) is 6.07 Å². The van der Waals surface area contributed by atoms with Gasteiger partial charge in [0.2, 0.25) is 0 Å². The van der Waals surface area contributed by atoms with Crippen LogP contribution in [0.15, 0.2) is 19.6 Å². The molecule has 1 fully saturated rings. The number of aliphatic hydroxyl groups is 1. The molecule has 1 saturated carbocycles. The number of hydrogen-bond donors (Lipinski definition) is 2. The van der Waals surface area contributed by atoms with E-state index in [0.29, 0.717) is 18.4 Å². The Bertz CT molecular complexity index is 362. The van der Waals surface area contributed by atoms with Crippen molar-refractivity contribution in [3.8, 4) is 0 Å². The molecule has 0 spiro atoms. The maximum Gasteiger partial charge on any atom is 0.183 e. The van der Waals surface area contributed by atoms with Gasteiger partial charge in [0.05, 0.1) is 11.0 Å². The second-order valence-corrected chi connectivity index (χ2v) is 6.53. The topological polar surface area (TPSA) is 45.4 Å². The minimum atomic E-state index is 0.324. The van der Waals surface area contributed by atoms with E-state index in [1.54, 1.807) is 0 Å². The molecular formula is C13H19Br2NO2. The molecule has 1 aromatic heterocycles. The van der Waals surface area contributed by atoms with E-state index in [4.69, 9.17) is 4.42 Å². The van der Waals surface area contributed by atoms with Crippen molar-refractivity contribution in [3.63, 3.8) is 0 Å². The highest BCUT2D eigenvalue weighted by Gasteiger charge is 2.23. The highest BCUT2D eigenvalue weighted by atomic mass is 79.9. The van der Waals surface area contributed by atoms with Crippen LogP contribution in [0.5, 0.6) is 0 Å². The fourth-order valence-electron chi connectivity index (χ4n) is 2.65. The lowest BCUT2D eigenvalue weighted by Gasteiger charge is -2.30. The van der Waals surface area contributed by atoms with Crippen LogP contribution < -0.4 is 5.32 Å². The molecule has 0 amide bonds. The Morgan fingerprint density at radius 2 is 2.00 bits per heavy atom. The van der Waals surface area contributed by atoms with Gasteiger partial charge in [-0.05, 0) is 69.1 Å². The van der Waals surface area contributed by atoms with Gasteiger partial charge in [0, 0.05) is 6.61 Å². The van der Waals surface area contributed by atoms with E-state index in [9.17, 15) is 5.11 Å². The van der Waals surface area contributed by atoms with Crippen LogP contribution in [0.4, 0.5) is 0 Å². The van der Waals surface area contributed by atoms with Gasteiger partial charge in [-0.2, -0.15) is 0 Å². The van der Waals surface area contributed by atoms with Crippen LogP contribution >= 0.6 is 31.9 Å². The molecule has 1 heterocycles. The van der Waals surface area contributed by atoms with Crippen molar-refractivity contribution in [2.45, 2.75) is 32.2 Å². The van der Waals surface area contributed by atoms with Gasteiger partial charge in [0.15, 0.2) is 4.67 Å². The van der Waals surface area contributed by atoms with Gasteiger partial charge in [-0.3, -0.25) is 0 Å². The average Bonchev–Trinajstić information content (AvgIpc) is 2.69. The summed E-state index contributed by atoms with van der Waals surface area (Å²) in [7, 11) is 0.